The van der Waals surface area contributed by atoms with Crippen LogP contribution in [0.15, 0.2) is 22.8 Å². The van der Waals surface area contributed by atoms with Crippen LogP contribution in [0.1, 0.15) is 31.4 Å². The number of aliphatic hydroxyl groups is 1. The number of nitrogens with two attached hydrogens (primary N) is 1. The Hall–Kier alpha value is -1.33. The maximum Gasteiger partial charge on any atom is 0.231 e. The smallest absolute Gasteiger partial charge is 0.231 e. The second-order valence-electron chi connectivity index (χ2n) is 5.44. The zero-order valence-corrected chi connectivity index (χ0v) is 10.2. The summed E-state index contributed by atoms with van der Waals surface area (Å²) in [6.07, 6.45) is 4.85. The molecular formula is C13H18N2O3. The minimum atomic E-state index is -0.885. The minimum Gasteiger partial charge on any atom is -0.466 e. The molecule has 5 heteroatoms. The van der Waals surface area contributed by atoms with Crippen LogP contribution in [-0.4, -0.2) is 34.5 Å². The molecule has 2 bridgehead atoms. The van der Waals surface area contributed by atoms with Crippen LogP contribution in [0.2, 0.25) is 0 Å². The SMILES string of the molecule is NC(=O)CN1C2CCC1CC(O)(c1ccco1)C2. The topological polar surface area (TPSA) is 79.7 Å². The normalized spacial score (nSPS) is 35.8. The van der Waals surface area contributed by atoms with Crippen molar-refractivity contribution in [1.82, 2.24) is 4.90 Å². The summed E-state index contributed by atoms with van der Waals surface area (Å²) in [6.45, 7) is 0.295. The molecule has 2 aliphatic rings. The quantitative estimate of drug-likeness (QED) is 0.822. The van der Waals surface area contributed by atoms with Crippen molar-refractivity contribution in [3.05, 3.63) is 24.2 Å². The number of piperidine rings is 1. The van der Waals surface area contributed by atoms with Crippen molar-refractivity contribution in [3.8, 4) is 0 Å². The Balaban J connectivity index is 1.81. The van der Waals surface area contributed by atoms with Gasteiger partial charge in [0.1, 0.15) is 11.4 Å². The maximum absolute atomic E-state index is 11.1. The fourth-order valence-corrected chi connectivity index (χ4v) is 3.50. The molecule has 2 fully saturated rings. The highest BCUT2D eigenvalue weighted by Crippen LogP contribution is 2.45. The van der Waals surface area contributed by atoms with E-state index in [0.29, 0.717) is 25.1 Å². The number of carbonyl (C=O) groups excluding carboxylic acids is 1. The van der Waals surface area contributed by atoms with E-state index in [0.717, 1.165) is 12.8 Å². The zero-order chi connectivity index (χ0) is 12.8. The van der Waals surface area contributed by atoms with Crippen molar-refractivity contribution >= 4 is 5.91 Å². The predicted octanol–water partition coefficient (Wildman–Crippen LogP) is 0.579. The standard InChI is InChI=1S/C13H18N2O3/c14-12(16)8-15-9-3-4-10(15)7-13(17,6-9)11-2-1-5-18-11/h1-2,5,9-10,17H,3-4,6-8H2,(H2,14,16). The van der Waals surface area contributed by atoms with E-state index in [2.05, 4.69) is 4.90 Å². The lowest BCUT2D eigenvalue weighted by Crippen LogP contribution is -2.51. The molecule has 1 amide bonds. The molecule has 0 aliphatic carbocycles. The predicted molar refractivity (Wildman–Crippen MR) is 64.5 cm³/mol. The van der Waals surface area contributed by atoms with Gasteiger partial charge < -0.3 is 15.3 Å². The molecule has 98 valence electrons. The third-order valence-electron chi connectivity index (χ3n) is 4.24. The number of primary amides is 1. The molecule has 5 nitrogen and oxygen atoms in total. The monoisotopic (exact) mass is 250 g/mol. The van der Waals surface area contributed by atoms with Crippen LogP contribution in [0.25, 0.3) is 0 Å². The summed E-state index contributed by atoms with van der Waals surface area (Å²) in [7, 11) is 0. The zero-order valence-electron chi connectivity index (χ0n) is 10.2. The van der Waals surface area contributed by atoms with Crippen molar-refractivity contribution in [1.29, 1.82) is 0 Å². The van der Waals surface area contributed by atoms with Crippen LogP contribution in [0.4, 0.5) is 0 Å². The summed E-state index contributed by atoms with van der Waals surface area (Å²) < 4.78 is 5.36. The molecule has 1 aromatic heterocycles. The van der Waals surface area contributed by atoms with Gasteiger partial charge in [-0.25, -0.2) is 0 Å². The summed E-state index contributed by atoms with van der Waals surface area (Å²) in [5.74, 6) is 0.341. The van der Waals surface area contributed by atoms with Gasteiger partial charge in [0.25, 0.3) is 0 Å². The van der Waals surface area contributed by atoms with Crippen LogP contribution in [0.5, 0.6) is 0 Å². The van der Waals surface area contributed by atoms with Crippen molar-refractivity contribution in [3.63, 3.8) is 0 Å². The van der Waals surface area contributed by atoms with Crippen molar-refractivity contribution in [2.24, 2.45) is 5.73 Å². The van der Waals surface area contributed by atoms with Gasteiger partial charge >= 0.3 is 0 Å². The van der Waals surface area contributed by atoms with Crippen LogP contribution in [0, 0.1) is 0 Å². The molecule has 2 atom stereocenters. The Morgan fingerprint density at radius 1 is 1.50 bits per heavy atom. The van der Waals surface area contributed by atoms with Crippen LogP contribution >= 0.6 is 0 Å². The molecule has 0 aromatic carbocycles. The fraction of sp³-hybridized carbons (Fsp3) is 0.615. The number of nitrogens with zero attached hydrogens (tertiary/aromatic N) is 1. The van der Waals surface area contributed by atoms with Gasteiger partial charge in [0.05, 0.1) is 12.8 Å². The summed E-state index contributed by atoms with van der Waals surface area (Å²) in [5.41, 5.74) is 4.39. The Labute approximate surface area is 106 Å². The lowest BCUT2D eigenvalue weighted by Gasteiger charge is -2.42. The molecule has 2 unspecified atom stereocenters. The largest absolute Gasteiger partial charge is 0.466 e. The highest BCUT2D eigenvalue weighted by atomic mass is 16.4. The number of amides is 1. The average Bonchev–Trinajstić information content (AvgIpc) is 2.89. The lowest BCUT2D eigenvalue weighted by atomic mass is 9.84. The van der Waals surface area contributed by atoms with Crippen LogP contribution in [0.3, 0.4) is 0 Å². The number of hydrogen-bond donors (Lipinski definition) is 2. The maximum atomic E-state index is 11.1. The van der Waals surface area contributed by atoms with E-state index in [4.69, 9.17) is 10.2 Å². The van der Waals surface area contributed by atoms with Gasteiger partial charge in [-0.05, 0) is 37.8 Å². The third kappa shape index (κ3) is 1.83. The Morgan fingerprint density at radius 3 is 2.67 bits per heavy atom. The second-order valence-corrected chi connectivity index (χ2v) is 5.44. The van der Waals surface area contributed by atoms with Crippen molar-refractivity contribution in [2.75, 3.05) is 6.54 Å². The molecule has 3 rings (SSSR count). The second kappa shape index (κ2) is 4.10. The first-order chi connectivity index (χ1) is 8.58. The molecule has 18 heavy (non-hydrogen) atoms. The summed E-state index contributed by atoms with van der Waals surface area (Å²) in [6, 6.07) is 4.08. The van der Waals surface area contributed by atoms with E-state index in [-0.39, 0.29) is 18.0 Å². The molecule has 3 heterocycles. The molecule has 0 saturated carbocycles. The summed E-state index contributed by atoms with van der Waals surface area (Å²) >= 11 is 0. The van der Waals surface area contributed by atoms with E-state index in [1.165, 1.54) is 0 Å². The van der Waals surface area contributed by atoms with E-state index >= 15 is 0 Å². The van der Waals surface area contributed by atoms with E-state index in [9.17, 15) is 9.90 Å². The number of fused-ring (bicyclic) bond motifs is 2. The molecular weight excluding hydrogens is 232 g/mol. The van der Waals surface area contributed by atoms with Crippen LogP contribution < -0.4 is 5.73 Å². The Morgan fingerprint density at radius 2 is 2.17 bits per heavy atom. The highest BCUT2D eigenvalue weighted by Gasteiger charge is 2.49. The molecule has 2 saturated heterocycles. The Bertz CT molecular complexity index is 429. The summed E-state index contributed by atoms with van der Waals surface area (Å²) in [4.78, 5) is 13.2. The first kappa shape index (κ1) is 11.7. The average molecular weight is 250 g/mol. The van der Waals surface area contributed by atoms with Crippen molar-refractivity contribution in [2.45, 2.75) is 43.4 Å². The third-order valence-corrected chi connectivity index (χ3v) is 4.24. The highest BCUT2D eigenvalue weighted by molar-refractivity contribution is 5.76. The number of carbonyl (C=O) groups is 1. The molecule has 1 aromatic rings. The molecule has 0 spiro atoms. The number of furan rings is 1. The molecule has 0 radical (unpaired) electrons. The number of rotatable bonds is 3. The molecule has 3 N–H and O–H groups in total. The van der Waals surface area contributed by atoms with Gasteiger partial charge in [-0.15, -0.1) is 0 Å². The minimum absolute atomic E-state index is 0.228. The van der Waals surface area contributed by atoms with Gasteiger partial charge in [-0.1, -0.05) is 0 Å². The van der Waals surface area contributed by atoms with Gasteiger partial charge in [-0.2, -0.15) is 0 Å². The van der Waals surface area contributed by atoms with Crippen molar-refractivity contribution < 1.29 is 14.3 Å². The van der Waals surface area contributed by atoms with Crippen LogP contribution in [-0.2, 0) is 10.4 Å². The first-order valence-corrected chi connectivity index (χ1v) is 6.39. The number of hydrogen-bond acceptors (Lipinski definition) is 4. The van der Waals surface area contributed by atoms with Gasteiger partial charge in [0, 0.05) is 12.1 Å². The lowest BCUT2D eigenvalue weighted by molar-refractivity contribution is -0.123. The Kier molecular flexibility index (Phi) is 2.68. The van der Waals surface area contributed by atoms with E-state index in [1.54, 1.807) is 12.3 Å². The van der Waals surface area contributed by atoms with E-state index < -0.39 is 5.60 Å². The fourth-order valence-electron chi connectivity index (χ4n) is 3.50. The first-order valence-electron chi connectivity index (χ1n) is 6.39. The van der Waals surface area contributed by atoms with Gasteiger partial charge in [0.2, 0.25) is 5.91 Å². The molecule has 2 aliphatic heterocycles. The van der Waals surface area contributed by atoms with E-state index in [1.807, 2.05) is 6.07 Å². The van der Waals surface area contributed by atoms with Gasteiger partial charge in [-0.3, -0.25) is 9.69 Å². The van der Waals surface area contributed by atoms with Gasteiger partial charge in [0.15, 0.2) is 0 Å². The summed E-state index contributed by atoms with van der Waals surface area (Å²) in [5, 5.41) is 10.7.